The SMILES string of the molecule is Cc1cc(CS(=O)(=O)Nc2cc(I)ccc2Br)no1. The van der Waals surface area contributed by atoms with Crippen LogP contribution in [-0.2, 0) is 15.8 Å². The van der Waals surface area contributed by atoms with Gasteiger partial charge < -0.3 is 4.52 Å². The summed E-state index contributed by atoms with van der Waals surface area (Å²) in [4.78, 5) is 0. The quantitative estimate of drug-likeness (QED) is 0.716. The zero-order chi connectivity index (χ0) is 14.0. The van der Waals surface area contributed by atoms with Crippen molar-refractivity contribution in [1.82, 2.24) is 5.16 Å². The molecular weight excluding hydrogens is 447 g/mol. The summed E-state index contributed by atoms with van der Waals surface area (Å²) in [5.41, 5.74) is 0.888. The largest absolute Gasteiger partial charge is 0.361 e. The van der Waals surface area contributed by atoms with Gasteiger partial charge in [-0.1, -0.05) is 5.16 Å². The van der Waals surface area contributed by atoms with E-state index < -0.39 is 10.0 Å². The third kappa shape index (κ3) is 4.18. The second kappa shape index (κ2) is 5.80. The Morgan fingerprint density at radius 2 is 2.16 bits per heavy atom. The molecule has 1 heterocycles. The van der Waals surface area contributed by atoms with Crippen LogP contribution in [-0.4, -0.2) is 13.6 Å². The van der Waals surface area contributed by atoms with Crippen LogP contribution in [0.25, 0.3) is 0 Å². The molecule has 19 heavy (non-hydrogen) atoms. The maximum atomic E-state index is 12.0. The van der Waals surface area contributed by atoms with Gasteiger partial charge in [-0.15, -0.1) is 0 Å². The lowest BCUT2D eigenvalue weighted by atomic mass is 10.3. The highest BCUT2D eigenvalue weighted by molar-refractivity contribution is 14.1. The third-order valence-electron chi connectivity index (χ3n) is 2.21. The fourth-order valence-corrected chi connectivity index (χ4v) is 3.53. The average Bonchev–Trinajstić information content (AvgIpc) is 2.68. The highest BCUT2D eigenvalue weighted by Crippen LogP contribution is 2.25. The number of aromatic nitrogens is 1. The Labute approximate surface area is 133 Å². The molecule has 0 bridgehead atoms. The summed E-state index contributed by atoms with van der Waals surface area (Å²) in [5.74, 6) is 0.364. The number of nitrogens with one attached hydrogen (secondary N) is 1. The molecule has 0 atom stereocenters. The summed E-state index contributed by atoms with van der Waals surface area (Å²) in [5, 5.41) is 3.68. The van der Waals surface area contributed by atoms with E-state index >= 15 is 0 Å². The van der Waals surface area contributed by atoms with E-state index in [2.05, 4.69) is 48.4 Å². The van der Waals surface area contributed by atoms with Gasteiger partial charge >= 0.3 is 0 Å². The van der Waals surface area contributed by atoms with E-state index in [4.69, 9.17) is 4.52 Å². The van der Waals surface area contributed by atoms with Crippen molar-refractivity contribution in [3.63, 3.8) is 0 Å². The van der Waals surface area contributed by atoms with Crippen LogP contribution in [0, 0.1) is 10.5 Å². The molecule has 5 nitrogen and oxygen atoms in total. The van der Waals surface area contributed by atoms with E-state index in [9.17, 15) is 8.42 Å². The van der Waals surface area contributed by atoms with Gasteiger partial charge in [0.1, 0.15) is 17.2 Å². The topological polar surface area (TPSA) is 72.2 Å². The fraction of sp³-hybridized carbons (Fsp3) is 0.182. The summed E-state index contributed by atoms with van der Waals surface area (Å²) in [6.07, 6.45) is 0. The second-order valence-electron chi connectivity index (χ2n) is 3.91. The molecule has 2 rings (SSSR count). The first kappa shape index (κ1) is 14.8. The van der Waals surface area contributed by atoms with Gasteiger partial charge in [0, 0.05) is 14.1 Å². The van der Waals surface area contributed by atoms with Gasteiger partial charge in [-0.25, -0.2) is 8.42 Å². The Balaban J connectivity index is 2.19. The molecule has 2 aromatic rings. The van der Waals surface area contributed by atoms with Crippen molar-refractivity contribution in [3.8, 4) is 0 Å². The van der Waals surface area contributed by atoms with Crippen molar-refractivity contribution in [2.45, 2.75) is 12.7 Å². The molecule has 1 aromatic carbocycles. The average molecular weight is 457 g/mol. The van der Waals surface area contributed by atoms with Crippen LogP contribution in [0.5, 0.6) is 0 Å². The number of nitrogens with zero attached hydrogens (tertiary/aromatic N) is 1. The number of hydrogen-bond donors (Lipinski definition) is 1. The van der Waals surface area contributed by atoms with Crippen LogP contribution in [0.15, 0.2) is 33.3 Å². The highest BCUT2D eigenvalue weighted by Gasteiger charge is 2.16. The molecule has 0 aliphatic carbocycles. The Morgan fingerprint density at radius 3 is 2.79 bits per heavy atom. The van der Waals surface area contributed by atoms with Crippen molar-refractivity contribution < 1.29 is 12.9 Å². The van der Waals surface area contributed by atoms with Gasteiger partial charge in [-0.3, -0.25) is 4.72 Å². The Kier molecular flexibility index (Phi) is 4.51. The van der Waals surface area contributed by atoms with Gasteiger partial charge in [0.15, 0.2) is 0 Å². The lowest BCUT2D eigenvalue weighted by molar-refractivity contribution is 0.392. The first-order valence-corrected chi connectivity index (χ1v) is 8.76. The molecule has 0 amide bonds. The van der Waals surface area contributed by atoms with Gasteiger partial charge in [-0.2, -0.15) is 0 Å². The number of rotatable bonds is 4. The molecule has 0 fully saturated rings. The van der Waals surface area contributed by atoms with Gasteiger partial charge in [0.25, 0.3) is 0 Å². The van der Waals surface area contributed by atoms with Gasteiger partial charge in [-0.05, 0) is 63.6 Å². The molecular formula is C11H10BrIN2O3S. The predicted octanol–water partition coefficient (Wildman–Crippen LogP) is 3.29. The van der Waals surface area contributed by atoms with Crippen LogP contribution in [0.1, 0.15) is 11.5 Å². The van der Waals surface area contributed by atoms with E-state index in [0.29, 0.717) is 21.6 Å². The Hall–Kier alpha value is -0.610. The monoisotopic (exact) mass is 456 g/mol. The minimum absolute atomic E-state index is 0.220. The predicted molar refractivity (Wildman–Crippen MR) is 84.3 cm³/mol. The van der Waals surface area contributed by atoms with Gasteiger partial charge in [0.05, 0.1) is 5.69 Å². The first-order valence-electron chi connectivity index (χ1n) is 5.23. The smallest absolute Gasteiger partial charge is 0.238 e. The molecule has 1 N–H and O–H groups in total. The summed E-state index contributed by atoms with van der Waals surface area (Å²) < 4.78 is 33.1. The molecule has 0 aliphatic rings. The number of hydrogen-bond acceptors (Lipinski definition) is 4. The maximum absolute atomic E-state index is 12.0. The number of halogens is 2. The van der Waals surface area contributed by atoms with Crippen LogP contribution >= 0.6 is 38.5 Å². The van der Waals surface area contributed by atoms with Crippen molar-refractivity contribution in [2.24, 2.45) is 0 Å². The Bertz CT molecular complexity index is 700. The third-order valence-corrected chi connectivity index (χ3v) is 4.78. The summed E-state index contributed by atoms with van der Waals surface area (Å²) in [7, 11) is -3.52. The van der Waals surface area contributed by atoms with E-state index in [-0.39, 0.29) is 5.75 Å². The minimum atomic E-state index is -3.52. The fourth-order valence-electron chi connectivity index (χ4n) is 1.46. The van der Waals surface area contributed by atoms with Crippen LogP contribution in [0.2, 0.25) is 0 Å². The molecule has 0 unspecified atom stereocenters. The maximum Gasteiger partial charge on any atom is 0.238 e. The molecule has 0 radical (unpaired) electrons. The standard InChI is InChI=1S/C11H10BrIN2O3S/c1-7-4-9(14-18-7)6-19(16,17)15-11-5-8(13)2-3-10(11)12/h2-5,15H,6H2,1H3. The van der Waals surface area contributed by atoms with Crippen LogP contribution < -0.4 is 4.72 Å². The number of anilines is 1. The second-order valence-corrected chi connectivity index (χ2v) is 7.74. The lowest BCUT2D eigenvalue weighted by Gasteiger charge is -2.09. The molecule has 0 saturated heterocycles. The number of benzene rings is 1. The normalized spacial score (nSPS) is 11.5. The molecule has 8 heteroatoms. The van der Waals surface area contributed by atoms with Crippen LogP contribution in [0.4, 0.5) is 5.69 Å². The van der Waals surface area contributed by atoms with Crippen LogP contribution in [0.3, 0.4) is 0 Å². The van der Waals surface area contributed by atoms with E-state index in [1.165, 1.54) is 0 Å². The van der Waals surface area contributed by atoms with E-state index in [0.717, 1.165) is 3.57 Å². The summed E-state index contributed by atoms with van der Waals surface area (Å²) in [6.45, 7) is 1.71. The molecule has 0 spiro atoms. The van der Waals surface area contributed by atoms with Crippen molar-refractivity contribution in [2.75, 3.05) is 4.72 Å². The van der Waals surface area contributed by atoms with E-state index in [1.54, 1.807) is 25.1 Å². The first-order chi connectivity index (χ1) is 8.85. The van der Waals surface area contributed by atoms with Crippen molar-refractivity contribution >= 4 is 54.2 Å². The molecule has 1 aromatic heterocycles. The highest BCUT2D eigenvalue weighted by atomic mass is 127. The molecule has 102 valence electrons. The van der Waals surface area contributed by atoms with Gasteiger partial charge in [0.2, 0.25) is 10.0 Å². The zero-order valence-corrected chi connectivity index (χ0v) is 14.4. The molecule has 0 saturated carbocycles. The Morgan fingerprint density at radius 1 is 1.42 bits per heavy atom. The summed E-state index contributed by atoms with van der Waals surface area (Å²) in [6, 6.07) is 7.02. The zero-order valence-electron chi connectivity index (χ0n) is 9.85. The molecule has 0 aliphatic heterocycles. The lowest BCUT2D eigenvalue weighted by Crippen LogP contribution is -2.15. The summed E-state index contributed by atoms with van der Waals surface area (Å²) >= 11 is 5.43. The number of sulfonamides is 1. The van der Waals surface area contributed by atoms with Crippen molar-refractivity contribution in [3.05, 3.63) is 43.8 Å². The van der Waals surface area contributed by atoms with E-state index in [1.807, 2.05) is 6.07 Å². The number of aryl methyl sites for hydroxylation is 1. The minimum Gasteiger partial charge on any atom is -0.361 e. The van der Waals surface area contributed by atoms with Crippen molar-refractivity contribution in [1.29, 1.82) is 0 Å².